The molecule has 2 fully saturated rings. The molecule has 0 amide bonds. The molecule has 2 bridgehead atoms. The standard InChI is InChI=1S/C21H22ClF2NO/c1-25-15-8-9-19(25)17(12-26-20-7-3-6-18(23)21(20)24)16(11-15)13-4-2-5-14(22)10-13/h2-7,10,15-17,19H,8-9,11-12H2,1H3. The Morgan fingerprint density at radius 2 is 1.96 bits per heavy atom. The van der Waals surface area contributed by atoms with Crippen molar-refractivity contribution in [3.05, 3.63) is 64.7 Å². The van der Waals surface area contributed by atoms with E-state index in [1.54, 1.807) is 0 Å². The van der Waals surface area contributed by atoms with Crippen LogP contribution in [0.4, 0.5) is 8.78 Å². The van der Waals surface area contributed by atoms with Crippen LogP contribution < -0.4 is 4.74 Å². The number of hydrogen-bond donors (Lipinski definition) is 0. The summed E-state index contributed by atoms with van der Waals surface area (Å²) < 4.78 is 33.2. The van der Waals surface area contributed by atoms with Gasteiger partial charge in [0.05, 0.1) is 6.61 Å². The summed E-state index contributed by atoms with van der Waals surface area (Å²) in [5.74, 6) is -1.30. The molecule has 2 aromatic rings. The van der Waals surface area contributed by atoms with Crippen molar-refractivity contribution in [1.82, 2.24) is 4.90 Å². The Morgan fingerprint density at radius 1 is 1.15 bits per heavy atom. The van der Waals surface area contributed by atoms with E-state index in [0.717, 1.165) is 23.9 Å². The molecule has 2 heterocycles. The lowest BCUT2D eigenvalue weighted by Gasteiger charge is -2.43. The minimum Gasteiger partial charge on any atom is -0.490 e. The second-order valence-corrected chi connectivity index (χ2v) is 7.82. The fraction of sp³-hybridized carbons (Fsp3) is 0.429. The van der Waals surface area contributed by atoms with Crippen LogP contribution in [0.25, 0.3) is 0 Å². The minimum atomic E-state index is -0.916. The summed E-state index contributed by atoms with van der Waals surface area (Å²) in [7, 11) is 2.16. The fourth-order valence-electron chi connectivity index (χ4n) is 4.71. The molecule has 0 saturated carbocycles. The van der Waals surface area contributed by atoms with Crippen LogP contribution in [0.3, 0.4) is 0 Å². The van der Waals surface area contributed by atoms with E-state index in [2.05, 4.69) is 18.0 Å². The van der Waals surface area contributed by atoms with Crippen molar-refractivity contribution in [2.75, 3.05) is 13.7 Å². The minimum absolute atomic E-state index is 0.0161. The van der Waals surface area contributed by atoms with Crippen molar-refractivity contribution >= 4 is 11.6 Å². The summed E-state index contributed by atoms with van der Waals surface area (Å²) in [5.41, 5.74) is 1.20. The van der Waals surface area contributed by atoms with E-state index in [0.29, 0.717) is 24.6 Å². The highest BCUT2D eigenvalue weighted by Crippen LogP contribution is 2.46. The highest BCUT2D eigenvalue weighted by Gasteiger charge is 2.46. The van der Waals surface area contributed by atoms with Crippen LogP contribution in [-0.4, -0.2) is 30.6 Å². The fourth-order valence-corrected chi connectivity index (χ4v) is 4.91. The van der Waals surface area contributed by atoms with Crippen molar-refractivity contribution in [3.8, 4) is 5.75 Å². The maximum absolute atomic E-state index is 14.0. The molecule has 2 saturated heterocycles. The third-order valence-electron chi connectivity index (χ3n) is 6.06. The van der Waals surface area contributed by atoms with Gasteiger partial charge in [-0.05, 0) is 62.1 Å². The highest BCUT2D eigenvalue weighted by atomic mass is 35.5. The molecular weight excluding hydrogens is 356 g/mol. The summed E-state index contributed by atoms with van der Waals surface area (Å²) in [4.78, 5) is 2.43. The van der Waals surface area contributed by atoms with E-state index in [4.69, 9.17) is 16.3 Å². The molecule has 0 radical (unpaired) electrons. The summed E-state index contributed by atoms with van der Waals surface area (Å²) >= 11 is 6.21. The zero-order valence-corrected chi connectivity index (χ0v) is 15.4. The molecule has 0 aromatic heterocycles. The summed E-state index contributed by atoms with van der Waals surface area (Å²) in [6.45, 7) is 0.360. The zero-order chi connectivity index (χ0) is 18.3. The van der Waals surface area contributed by atoms with Gasteiger partial charge in [-0.2, -0.15) is 4.39 Å². The summed E-state index contributed by atoms with van der Waals surface area (Å²) in [5, 5.41) is 0.726. The molecule has 5 heteroatoms. The Bertz CT molecular complexity index is 799. The van der Waals surface area contributed by atoms with Crippen molar-refractivity contribution in [1.29, 1.82) is 0 Å². The first kappa shape index (κ1) is 17.7. The molecule has 138 valence electrons. The van der Waals surface area contributed by atoms with Gasteiger partial charge in [0.25, 0.3) is 0 Å². The third kappa shape index (κ3) is 3.21. The van der Waals surface area contributed by atoms with Gasteiger partial charge in [-0.3, -0.25) is 0 Å². The van der Waals surface area contributed by atoms with Crippen molar-refractivity contribution < 1.29 is 13.5 Å². The first-order valence-corrected chi connectivity index (χ1v) is 9.46. The van der Waals surface area contributed by atoms with E-state index in [1.165, 1.54) is 24.1 Å². The number of piperidine rings is 1. The normalized spacial score (nSPS) is 28.3. The Hall–Kier alpha value is -1.65. The topological polar surface area (TPSA) is 12.5 Å². The van der Waals surface area contributed by atoms with Gasteiger partial charge in [-0.15, -0.1) is 0 Å². The van der Waals surface area contributed by atoms with Crippen LogP contribution in [0.2, 0.25) is 5.02 Å². The van der Waals surface area contributed by atoms with Gasteiger partial charge in [0.15, 0.2) is 11.6 Å². The van der Waals surface area contributed by atoms with Crippen LogP contribution >= 0.6 is 11.6 Å². The van der Waals surface area contributed by atoms with Crippen molar-refractivity contribution in [3.63, 3.8) is 0 Å². The number of hydrogen-bond acceptors (Lipinski definition) is 2. The van der Waals surface area contributed by atoms with Crippen LogP contribution in [0.15, 0.2) is 42.5 Å². The van der Waals surface area contributed by atoms with Gasteiger partial charge < -0.3 is 9.64 Å². The van der Waals surface area contributed by atoms with Gasteiger partial charge in [-0.25, -0.2) is 4.39 Å². The highest BCUT2D eigenvalue weighted by molar-refractivity contribution is 6.30. The predicted octanol–water partition coefficient (Wildman–Crippen LogP) is 5.26. The third-order valence-corrected chi connectivity index (χ3v) is 6.29. The van der Waals surface area contributed by atoms with E-state index in [9.17, 15) is 8.78 Å². The number of fused-ring (bicyclic) bond motifs is 2. The lowest BCUT2D eigenvalue weighted by atomic mass is 9.76. The van der Waals surface area contributed by atoms with Gasteiger partial charge in [0, 0.05) is 23.0 Å². The van der Waals surface area contributed by atoms with Crippen LogP contribution in [-0.2, 0) is 0 Å². The molecule has 0 N–H and O–H groups in total. The number of ether oxygens (including phenoxy) is 1. The average Bonchev–Trinajstić information content (AvgIpc) is 2.87. The Kier molecular flexibility index (Phi) is 4.89. The van der Waals surface area contributed by atoms with E-state index in [1.807, 2.05) is 18.2 Å². The van der Waals surface area contributed by atoms with Gasteiger partial charge in [-0.1, -0.05) is 29.8 Å². The maximum Gasteiger partial charge on any atom is 0.200 e. The number of benzene rings is 2. The maximum atomic E-state index is 14.0. The molecule has 2 aliphatic heterocycles. The lowest BCUT2D eigenvalue weighted by molar-refractivity contribution is 0.0652. The second-order valence-electron chi connectivity index (χ2n) is 7.39. The van der Waals surface area contributed by atoms with Crippen LogP contribution in [0.5, 0.6) is 5.75 Å². The van der Waals surface area contributed by atoms with Gasteiger partial charge >= 0.3 is 0 Å². The zero-order valence-electron chi connectivity index (χ0n) is 14.7. The van der Waals surface area contributed by atoms with Crippen molar-refractivity contribution in [2.24, 2.45) is 5.92 Å². The molecule has 4 atom stereocenters. The monoisotopic (exact) mass is 377 g/mol. The number of rotatable bonds is 4. The summed E-state index contributed by atoms with van der Waals surface area (Å²) in [6.07, 6.45) is 3.31. The lowest BCUT2D eigenvalue weighted by Crippen LogP contribution is -2.47. The van der Waals surface area contributed by atoms with Crippen LogP contribution in [0, 0.1) is 17.6 Å². The SMILES string of the molecule is CN1C2CCC1C(COc1cccc(F)c1F)C(c1cccc(Cl)c1)C2. The second kappa shape index (κ2) is 7.16. The quantitative estimate of drug-likeness (QED) is 0.720. The molecule has 0 aliphatic carbocycles. The van der Waals surface area contributed by atoms with Crippen LogP contribution in [0.1, 0.15) is 30.7 Å². The molecule has 2 aromatic carbocycles. The Morgan fingerprint density at radius 3 is 2.77 bits per heavy atom. The number of halogens is 3. The molecule has 26 heavy (non-hydrogen) atoms. The van der Waals surface area contributed by atoms with E-state index >= 15 is 0 Å². The summed E-state index contributed by atoms with van der Waals surface area (Å²) in [6, 6.07) is 13.0. The molecule has 2 aliphatic rings. The van der Waals surface area contributed by atoms with Gasteiger partial charge in [0.1, 0.15) is 0 Å². The molecule has 0 spiro atoms. The predicted molar refractivity (Wildman–Crippen MR) is 98.7 cm³/mol. The molecular formula is C21H22ClF2NO. The molecule has 2 nitrogen and oxygen atoms in total. The largest absolute Gasteiger partial charge is 0.490 e. The number of nitrogens with zero attached hydrogens (tertiary/aromatic N) is 1. The first-order valence-electron chi connectivity index (χ1n) is 9.09. The Balaban J connectivity index is 1.60. The smallest absolute Gasteiger partial charge is 0.200 e. The molecule has 4 rings (SSSR count). The first-order chi connectivity index (χ1) is 12.5. The van der Waals surface area contributed by atoms with Crippen molar-refractivity contribution in [2.45, 2.75) is 37.3 Å². The molecule has 4 unspecified atom stereocenters. The van der Waals surface area contributed by atoms with E-state index < -0.39 is 11.6 Å². The van der Waals surface area contributed by atoms with Gasteiger partial charge in [0.2, 0.25) is 5.82 Å². The Labute approximate surface area is 157 Å². The average molecular weight is 378 g/mol. The van der Waals surface area contributed by atoms with E-state index in [-0.39, 0.29) is 11.7 Å².